The van der Waals surface area contributed by atoms with Crippen molar-refractivity contribution in [2.45, 2.75) is 32.4 Å². The first kappa shape index (κ1) is 17.8. The van der Waals surface area contributed by atoms with E-state index in [1.807, 2.05) is 0 Å². The van der Waals surface area contributed by atoms with Gasteiger partial charge >= 0.3 is 5.97 Å². The highest BCUT2D eigenvalue weighted by molar-refractivity contribution is 7.80. The fourth-order valence-corrected chi connectivity index (χ4v) is 1.43. The van der Waals surface area contributed by atoms with Crippen LogP contribution in [-0.2, 0) is 4.79 Å². The minimum Gasteiger partial charge on any atom is -0.623 e. The highest BCUT2D eigenvalue weighted by Crippen LogP contribution is 2.05. The summed E-state index contributed by atoms with van der Waals surface area (Å²) in [5.74, 6) is -2.36. The number of rotatable bonds is 5. The fourth-order valence-electron chi connectivity index (χ4n) is 1.19. The number of amides is 1. The standard InChI is InChI=1S/C12H17N5O4S/c1-12(2,3)17(21)4-8-13-6-14-9(16-8)10(18)15-7(5-22)11(19)20/h4,6-7,22H,5H2,1-3H3,(H,15,18)(H,19,20)/b17-4+. The summed E-state index contributed by atoms with van der Waals surface area (Å²) >= 11 is 3.84. The molecule has 1 amide bonds. The molecule has 1 atom stereocenters. The van der Waals surface area contributed by atoms with Crippen molar-refractivity contribution in [1.82, 2.24) is 20.3 Å². The van der Waals surface area contributed by atoms with E-state index in [-0.39, 0.29) is 17.4 Å². The lowest BCUT2D eigenvalue weighted by molar-refractivity contribution is -0.530. The van der Waals surface area contributed by atoms with Crippen molar-refractivity contribution in [2.24, 2.45) is 0 Å². The average molecular weight is 327 g/mol. The molecule has 120 valence electrons. The molecule has 0 aliphatic carbocycles. The van der Waals surface area contributed by atoms with Gasteiger partial charge in [0.25, 0.3) is 5.91 Å². The van der Waals surface area contributed by atoms with E-state index in [4.69, 9.17) is 5.11 Å². The molecule has 1 rings (SSSR count). The predicted octanol–water partition coefficient (Wildman–Crippen LogP) is -0.288. The highest BCUT2D eigenvalue weighted by atomic mass is 32.1. The van der Waals surface area contributed by atoms with Gasteiger partial charge < -0.3 is 15.6 Å². The zero-order valence-electron chi connectivity index (χ0n) is 12.3. The molecule has 0 aromatic carbocycles. The number of carbonyl (C=O) groups excluding carboxylic acids is 1. The number of nitrogens with zero attached hydrogens (tertiary/aromatic N) is 4. The molecule has 10 heteroatoms. The average Bonchev–Trinajstić information content (AvgIpc) is 2.43. The Labute approximate surface area is 132 Å². The van der Waals surface area contributed by atoms with E-state index in [2.05, 4.69) is 32.9 Å². The van der Waals surface area contributed by atoms with Crippen LogP contribution >= 0.6 is 12.6 Å². The van der Waals surface area contributed by atoms with Crippen LogP contribution in [0.3, 0.4) is 0 Å². The highest BCUT2D eigenvalue weighted by Gasteiger charge is 2.22. The molecule has 0 aliphatic heterocycles. The third kappa shape index (κ3) is 4.95. The Morgan fingerprint density at radius 1 is 1.50 bits per heavy atom. The van der Waals surface area contributed by atoms with Gasteiger partial charge in [-0.15, -0.1) is 0 Å². The van der Waals surface area contributed by atoms with Crippen molar-refractivity contribution in [3.63, 3.8) is 0 Å². The summed E-state index contributed by atoms with van der Waals surface area (Å²) in [6.07, 6.45) is 2.20. The number of hydrogen-bond donors (Lipinski definition) is 3. The summed E-state index contributed by atoms with van der Waals surface area (Å²) in [6.45, 7) is 5.11. The van der Waals surface area contributed by atoms with Gasteiger partial charge in [-0.05, 0) is 0 Å². The Hall–Kier alpha value is -2.23. The summed E-state index contributed by atoms with van der Waals surface area (Å²) in [5, 5.41) is 22.9. The Morgan fingerprint density at radius 3 is 2.64 bits per heavy atom. The molecule has 0 radical (unpaired) electrons. The molecule has 0 saturated carbocycles. The fraction of sp³-hybridized carbons (Fsp3) is 0.500. The Kier molecular flexibility index (Phi) is 5.80. The summed E-state index contributed by atoms with van der Waals surface area (Å²) in [6, 6.07) is -1.16. The third-order valence-corrected chi connectivity index (χ3v) is 2.84. The van der Waals surface area contributed by atoms with Crippen LogP contribution in [-0.4, -0.2) is 60.2 Å². The zero-order chi connectivity index (χ0) is 16.9. The van der Waals surface area contributed by atoms with Gasteiger partial charge in [-0.3, -0.25) is 4.79 Å². The van der Waals surface area contributed by atoms with Crippen LogP contribution in [0.2, 0.25) is 0 Å². The van der Waals surface area contributed by atoms with E-state index in [0.29, 0.717) is 4.74 Å². The monoisotopic (exact) mass is 327 g/mol. The number of aromatic nitrogens is 3. The molecule has 1 aromatic heterocycles. The number of carboxylic acids is 1. The van der Waals surface area contributed by atoms with Gasteiger partial charge in [0, 0.05) is 26.5 Å². The molecular weight excluding hydrogens is 310 g/mol. The molecule has 0 aliphatic rings. The van der Waals surface area contributed by atoms with E-state index >= 15 is 0 Å². The largest absolute Gasteiger partial charge is 0.623 e. The Balaban J connectivity index is 2.97. The molecule has 1 heterocycles. The van der Waals surface area contributed by atoms with Crippen molar-refractivity contribution in [1.29, 1.82) is 0 Å². The number of hydrogen-bond acceptors (Lipinski definition) is 7. The lowest BCUT2D eigenvalue weighted by Crippen LogP contribution is -2.42. The normalized spacial score (nSPS) is 13.5. The molecule has 0 spiro atoms. The number of carbonyl (C=O) groups is 2. The molecule has 0 fully saturated rings. The van der Waals surface area contributed by atoms with E-state index in [0.717, 1.165) is 12.5 Å². The first-order valence-corrected chi connectivity index (χ1v) is 6.93. The predicted molar refractivity (Wildman–Crippen MR) is 81.1 cm³/mol. The minimum atomic E-state index is -1.22. The molecule has 1 aromatic rings. The molecule has 0 saturated heterocycles. The maximum atomic E-state index is 11.9. The van der Waals surface area contributed by atoms with Crippen LogP contribution < -0.4 is 5.32 Å². The maximum Gasteiger partial charge on any atom is 0.327 e. The second-order valence-corrected chi connectivity index (χ2v) is 5.71. The van der Waals surface area contributed by atoms with E-state index in [9.17, 15) is 14.8 Å². The van der Waals surface area contributed by atoms with Crippen molar-refractivity contribution < 1.29 is 19.4 Å². The Bertz CT molecular complexity index is 599. The van der Waals surface area contributed by atoms with Gasteiger partial charge in [0.1, 0.15) is 12.4 Å². The number of aliphatic carboxylic acids is 1. The second-order valence-electron chi connectivity index (χ2n) is 5.34. The van der Waals surface area contributed by atoms with E-state index in [1.165, 1.54) is 0 Å². The Morgan fingerprint density at radius 2 is 2.14 bits per heavy atom. The number of carboxylic acid groups (broad SMARTS) is 1. The zero-order valence-corrected chi connectivity index (χ0v) is 13.2. The van der Waals surface area contributed by atoms with Gasteiger partial charge in [-0.25, -0.2) is 19.5 Å². The molecule has 22 heavy (non-hydrogen) atoms. The van der Waals surface area contributed by atoms with Crippen molar-refractivity contribution in [3.05, 3.63) is 23.2 Å². The minimum absolute atomic E-state index is 0.00261. The van der Waals surface area contributed by atoms with Crippen LogP contribution in [0.15, 0.2) is 6.33 Å². The quantitative estimate of drug-likeness (QED) is 0.223. The number of thiol groups is 1. The molecule has 2 N–H and O–H groups in total. The molecule has 9 nitrogen and oxygen atoms in total. The molecule has 1 unspecified atom stereocenters. The first-order valence-electron chi connectivity index (χ1n) is 6.30. The first-order chi connectivity index (χ1) is 10.1. The summed E-state index contributed by atoms with van der Waals surface area (Å²) in [5.41, 5.74) is -0.685. The topological polar surface area (TPSA) is 131 Å². The van der Waals surface area contributed by atoms with Crippen molar-refractivity contribution in [3.8, 4) is 0 Å². The van der Waals surface area contributed by atoms with Gasteiger partial charge in [0.2, 0.25) is 17.9 Å². The van der Waals surface area contributed by atoms with Crippen LogP contribution in [0.5, 0.6) is 0 Å². The number of nitrogens with one attached hydrogen (secondary N) is 1. The molecular formula is C12H17N5O4S. The van der Waals surface area contributed by atoms with Gasteiger partial charge in [-0.2, -0.15) is 17.6 Å². The van der Waals surface area contributed by atoms with Crippen LogP contribution in [0.1, 0.15) is 37.2 Å². The maximum absolute atomic E-state index is 11.9. The van der Waals surface area contributed by atoms with Crippen LogP contribution in [0.4, 0.5) is 0 Å². The third-order valence-electron chi connectivity index (χ3n) is 2.47. The summed E-state index contributed by atoms with van der Waals surface area (Å²) < 4.78 is 0.651. The van der Waals surface area contributed by atoms with Crippen molar-refractivity contribution in [2.75, 3.05) is 5.75 Å². The van der Waals surface area contributed by atoms with E-state index < -0.39 is 23.5 Å². The van der Waals surface area contributed by atoms with Gasteiger partial charge in [0.05, 0.1) is 0 Å². The summed E-state index contributed by atoms with van der Waals surface area (Å²) in [7, 11) is 0. The smallest absolute Gasteiger partial charge is 0.327 e. The van der Waals surface area contributed by atoms with E-state index in [1.54, 1.807) is 20.8 Å². The SMILES string of the molecule is CC(C)(C)/[N+]([O-])=C\c1ncnc(C(=O)NC(CS)C(=O)O)n1. The van der Waals surface area contributed by atoms with Gasteiger partial charge in [-0.1, -0.05) is 0 Å². The van der Waals surface area contributed by atoms with Crippen molar-refractivity contribution >= 4 is 30.7 Å². The van der Waals surface area contributed by atoms with Crippen LogP contribution in [0, 0.1) is 5.21 Å². The number of hydroxylamine groups is 1. The second kappa shape index (κ2) is 7.16. The van der Waals surface area contributed by atoms with Gasteiger partial charge in [0.15, 0.2) is 5.54 Å². The molecule has 0 bridgehead atoms. The van der Waals surface area contributed by atoms with Crippen LogP contribution in [0.25, 0.3) is 0 Å². The summed E-state index contributed by atoms with van der Waals surface area (Å²) in [4.78, 5) is 34.0. The lowest BCUT2D eigenvalue weighted by atomic mass is 10.1. The lowest BCUT2D eigenvalue weighted by Gasteiger charge is -2.18.